The van der Waals surface area contributed by atoms with E-state index < -0.39 is 7.12 Å². The minimum atomic E-state index is -0.412. The van der Waals surface area contributed by atoms with Gasteiger partial charge in [0, 0.05) is 11.2 Å². The Balaban J connectivity index is 2.05. The van der Waals surface area contributed by atoms with Gasteiger partial charge in [0.15, 0.2) is 0 Å². The fraction of sp³-hybridized carbons (Fsp3) is 0.375. The minimum absolute atomic E-state index is 0.351. The van der Waals surface area contributed by atoms with Gasteiger partial charge in [0.25, 0.3) is 0 Å². The molecule has 0 radical (unpaired) electrons. The number of benzene rings is 2. The predicted molar refractivity (Wildman–Crippen MR) is 84.1 cm³/mol. The summed E-state index contributed by atoms with van der Waals surface area (Å²) < 4.78 is 12.2. The second kappa shape index (κ2) is 4.24. The lowest BCUT2D eigenvalue weighted by atomic mass is 9.77. The van der Waals surface area contributed by atoms with Crippen LogP contribution in [0.4, 0.5) is 5.69 Å². The molecule has 0 amide bonds. The van der Waals surface area contributed by atoms with E-state index in [1.54, 1.807) is 0 Å². The van der Waals surface area contributed by atoms with Gasteiger partial charge in [-0.15, -0.1) is 0 Å². The Labute approximate surface area is 120 Å². The van der Waals surface area contributed by atoms with Crippen molar-refractivity contribution in [2.75, 3.05) is 5.73 Å². The van der Waals surface area contributed by atoms with E-state index in [0.717, 1.165) is 16.2 Å². The van der Waals surface area contributed by atoms with Gasteiger partial charge in [-0.2, -0.15) is 0 Å². The highest BCUT2D eigenvalue weighted by Crippen LogP contribution is 2.37. The van der Waals surface area contributed by atoms with Gasteiger partial charge >= 0.3 is 7.12 Å². The van der Waals surface area contributed by atoms with Crippen molar-refractivity contribution in [2.24, 2.45) is 0 Å². The van der Waals surface area contributed by atoms with Gasteiger partial charge < -0.3 is 15.0 Å². The maximum absolute atomic E-state index is 6.18. The standard InChI is InChI=1S/C16H20BNO2/c1-15(2)16(3,4)20-17(19-15)13-9-11-7-5-6-8-12(11)10-14(13)18/h5-10H,18H2,1-4H3. The first-order valence-corrected chi connectivity index (χ1v) is 6.94. The molecule has 0 bridgehead atoms. The van der Waals surface area contributed by atoms with Gasteiger partial charge in [-0.3, -0.25) is 0 Å². The van der Waals surface area contributed by atoms with E-state index in [1.807, 2.05) is 45.9 Å². The van der Waals surface area contributed by atoms with Crippen molar-refractivity contribution in [1.29, 1.82) is 0 Å². The zero-order valence-electron chi connectivity index (χ0n) is 12.4. The second-order valence-electron chi connectivity index (χ2n) is 6.42. The molecule has 2 aromatic carbocycles. The number of hydrogen-bond acceptors (Lipinski definition) is 3. The Morgan fingerprint density at radius 3 is 1.95 bits per heavy atom. The Bertz CT molecular complexity index is 651. The molecule has 0 unspecified atom stereocenters. The first-order chi connectivity index (χ1) is 9.30. The topological polar surface area (TPSA) is 44.5 Å². The zero-order valence-corrected chi connectivity index (χ0v) is 12.4. The summed E-state index contributed by atoms with van der Waals surface area (Å²) in [5.41, 5.74) is 7.10. The highest BCUT2D eigenvalue weighted by Gasteiger charge is 2.52. The Morgan fingerprint density at radius 2 is 1.40 bits per heavy atom. The number of anilines is 1. The van der Waals surface area contributed by atoms with E-state index in [2.05, 4.69) is 18.2 Å². The monoisotopic (exact) mass is 269 g/mol. The van der Waals surface area contributed by atoms with E-state index in [1.165, 1.54) is 0 Å². The quantitative estimate of drug-likeness (QED) is 0.639. The van der Waals surface area contributed by atoms with Crippen molar-refractivity contribution in [3.63, 3.8) is 0 Å². The molecule has 0 aromatic heterocycles. The maximum atomic E-state index is 6.18. The largest absolute Gasteiger partial charge is 0.496 e. The summed E-state index contributed by atoms with van der Waals surface area (Å²) in [6.07, 6.45) is 0. The van der Waals surface area contributed by atoms with Crippen molar-refractivity contribution >= 4 is 29.0 Å². The van der Waals surface area contributed by atoms with Crippen LogP contribution in [0.5, 0.6) is 0 Å². The number of hydrogen-bond donors (Lipinski definition) is 1. The third-order valence-electron chi connectivity index (χ3n) is 4.46. The van der Waals surface area contributed by atoms with Crippen LogP contribution in [0.1, 0.15) is 27.7 Å². The molecule has 0 aliphatic carbocycles. The first kappa shape index (κ1) is 13.5. The lowest BCUT2D eigenvalue weighted by Gasteiger charge is -2.32. The summed E-state index contributed by atoms with van der Waals surface area (Å²) in [5, 5.41) is 2.27. The van der Waals surface area contributed by atoms with Crippen LogP contribution in [0.2, 0.25) is 0 Å². The number of nitrogens with two attached hydrogens (primary N) is 1. The molecule has 3 nitrogen and oxygen atoms in total. The SMILES string of the molecule is CC1(C)OB(c2cc3ccccc3cc2N)OC1(C)C. The summed E-state index contributed by atoms with van der Waals surface area (Å²) in [4.78, 5) is 0. The van der Waals surface area contributed by atoms with Crippen molar-refractivity contribution in [1.82, 2.24) is 0 Å². The molecule has 2 aromatic rings. The van der Waals surface area contributed by atoms with E-state index in [-0.39, 0.29) is 11.2 Å². The molecule has 1 fully saturated rings. The summed E-state index contributed by atoms with van der Waals surface area (Å²) in [6.45, 7) is 8.18. The molecular weight excluding hydrogens is 249 g/mol. The van der Waals surface area contributed by atoms with E-state index in [0.29, 0.717) is 5.69 Å². The van der Waals surface area contributed by atoms with Gasteiger partial charge in [-0.1, -0.05) is 30.3 Å². The normalized spacial score (nSPS) is 20.5. The minimum Gasteiger partial charge on any atom is -0.399 e. The third-order valence-corrected chi connectivity index (χ3v) is 4.46. The molecule has 1 saturated heterocycles. The molecule has 1 aliphatic heterocycles. The van der Waals surface area contributed by atoms with Crippen molar-refractivity contribution in [3.05, 3.63) is 36.4 Å². The molecule has 0 atom stereocenters. The molecule has 2 N–H and O–H groups in total. The van der Waals surface area contributed by atoms with Crippen LogP contribution in [0.25, 0.3) is 10.8 Å². The molecular formula is C16H20BNO2. The average molecular weight is 269 g/mol. The van der Waals surface area contributed by atoms with Crippen LogP contribution >= 0.6 is 0 Å². The fourth-order valence-corrected chi connectivity index (χ4v) is 2.45. The lowest BCUT2D eigenvalue weighted by Crippen LogP contribution is -2.41. The number of rotatable bonds is 1. The Hall–Kier alpha value is -1.52. The Morgan fingerprint density at radius 1 is 0.900 bits per heavy atom. The smallest absolute Gasteiger partial charge is 0.399 e. The zero-order chi connectivity index (χ0) is 14.5. The van der Waals surface area contributed by atoms with Crippen LogP contribution in [0.15, 0.2) is 36.4 Å². The first-order valence-electron chi connectivity index (χ1n) is 6.94. The van der Waals surface area contributed by atoms with Crippen molar-refractivity contribution in [2.45, 2.75) is 38.9 Å². The van der Waals surface area contributed by atoms with Crippen LogP contribution in [-0.2, 0) is 9.31 Å². The highest BCUT2D eigenvalue weighted by molar-refractivity contribution is 6.64. The van der Waals surface area contributed by atoms with Crippen molar-refractivity contribution in [3.8, 4) is 0 Å². The van der Waals surface area contributed by atoms with Gasteiger partial charge in [0.1, 0.15) is 0 Å². The summed E-state index contributed by atoms with van der Waals surface area (Å²) in [5.74, 6) is 0. The van der Waals surface area contributed by atoms with E-state index >= 15 is 0 Å². The fourth-order valence-electron chi connectivity index (χ4n) is 2.45. The third kappa shape index (κ3) is 2.00. The molecule has 0 saturated carbocycles. The average Bonchev–Trinajstić information content (AvgIpc) is 2.57. The maximum Gasteiger partial charge on any atom is 0.496 e. The molecule has 104 valence electrons. The lowest BCUT2D eigenvalue weighted by molar-refractivity contribution is 0.00578. The Kier molecular flexibility index (Phi) is 2.85. The molecule has 3 rings (SSSR count). The van der Waals surface area contributed by atoms with Crippen molar-refractivity contribution < 1.29 is 9.31 Å². The van der Waals surface area contributed by atoms with Crippen LogP contribution < -0.4 is 11.2 Å². The van der Waals surface area contributed by atoms with Crippen LogP contribution in [-0.4, -0.2) is 18.3 Å². The second-order valence-corrected chi connectivity index (χ2v) is 6.42. The predicted octanol–water partition coefficient (Wildman–Crippen LogP) is 2.72. The number of fused-ring (bicyclic) bond motifs is 1. The molecule has 1 heterocycles. The summed E-state index contributed by atoms with van der Waals surface area (Å²) >= 11 is 0. The van der Waals surface area contributed by atoms with Gasteiger partial charge in [0.05, 0.1) is 11.2 Å². The van der Waals surface area contributed by atoms with Crippen LogP contribution in [0, 0.1) is 0 Å². The number of nitrogen functional groups attached to an aromatic ring is 1. The summed E-state index contributed by atoms with van der Waals surface area (Å²) in [6, 6.07) is 12.2. The molecule has 4 heteroatoms. The van der Waals surface area contributed by atoms with Gasteiger partial charge in [-0.05, 0) is 44.5 Å². The van der Waals surface area contributed by atoms with Crippen LogP contribution in [0.3, 0.4) is 0 Å². The van der Waals surface area contributed by atoms with Gasteiger partial charge in [0.2, 0.25) is 0 Å². The molecule has 0 spiro atoms. The van der Waals surface area contributed by atoms with E-state index in [9.17, 15) is 0 Å². The van der Waals surface area contributed by atoms with E-state index in [4.69, 9.17) is 15.0 Å². The highest BCUT2D eigenvalue weighted by atomic mass is 16.7. The van der Waals surface area contributed by atoms with Gasteiger partial charge in [-0.25, -0.2) is 0 Å². The summed E-state index contributed by atoms with van der Waals surface area (Å²) in [7, 11) is -0.412. The molecule has 20 heavy (non-hydrogen) atoms. The molecule has 1 aliphatic rings.